The van der Waals surface area contributed by atoms with Crippen LogP contribution in [0.15, 0.2) is 0 Å². The maximum Gasteiger partial charge on any atom is 0.0967 e. The van der Waals surface area contributed by atoms with E-state index in [9.17, 15) is 0 Å². The first kappa shape index (κ1) is 8.96. The molecule has 3 heteroatoms. The van der Waals surface area contributed by atoms with Crippen molar-refractivity contribution in [1.29, 1.82) is 0 Å². The Morgan fingerprint density at radius 1 is 1.25 bits per heavy atom. The van der Waals surface area contributed by atoms with Gasteiger partial charge in [-0.05, 0) is 0 Å². The first-order valence-corrected chi connectivity index (χ1v) is 1.60. The molecule has 0 fully saturated rings. The van der Waals surface area contributed by atoms with Gasteiger partial charge < -0.3 is 0 Å². The molecule has 0 aromatic rings. The van der Waals surface area contributed by atoms with E-state index in [0.717, 1.165) is 0 Å². The fourth-order valence-corrected chi connectivity index (χ4v) is 0. The Kier molecular flexibility index (Phi) is 19.9. The molecule has 0 saturated carbocycles. The summed E-state index contributed by atoms with van der Waals surface area (Å²) in [6.07, 6.45) is 0. The maximum absolute atomic E-state index is 4.76. The molecule has 0 aromatic carbocycles. The predicted molar refractivity (Wildman–Crippen MR) is 16.6 cm³/mol. The maximum atomic E-state index is 4.76. The molecule has 22 valence electrons. The van der Waals surface area contributed by atoms with Crippen molar-refractivity contribution in [2.45, 2.75) is 0 Å². The molecule has 0 heterocycles. The second-order valence-corrected chi connectivity index (χ2v) is 0.909. The number of halogens is 2. The van der Waals surface area contributed by atoms with Crippen LogP contribution in [0.2, 0.25) is 0 Å². The molecular weight excluding hydrogens is 148 g/mol. The van der Waals surface area contributed by atoms with Crippen molar-refractivity contribution in [3.63, 3.8) is 0 Å². The second-order valence-electron chi connectivity index (χ2n) is 0.101. The van der Waals surface area contributed by atoms with E-state index in [2.05, 4.69) is 0 Å². The Balaban J connectivity index is 0. The van der Waals surface area contributed by atoms with Gasteiger partial charge in [-0.2, -0.15) is 0 Å². The van der Waals surface area contributed by atoms with Gasteiger partial charge in [0.2, 0.25) is 0 Å². The molecule has 4 heavy (non-hydrogen) atoms. The molecule has 0 spiro atoms. The van der Waals surface area contributed by atoms with Gasteiger partial charge >= 0.3 is 0 Å². The van der Waals surface area contributed by atoms with Crippen LogP contribution in [0.4, 0.5) is 0 Å². The van der Waals surface area contributed by atoms with E-state index in [1.54, 1.807) is 0 Å². The van der Waals surface area contributed by atoms with Crippen molar-refractivity contribution in [2.75, 3.05) is 5.34 Å². The summed E-state index contributed by atoms with van der Waals surface area (Å²) < 4.78 is 0. The van der Waals surface area contributed by atoms with Crippen molar-refractivity contribution in [1.82, 2.24) is 0 Å². The Morgan fingerprint density at radius 2 is 1.25 bits per heavy atom. The van der Waals surface area contributed by atoms with Crippen molar-refractivity contribution >= 4 is 23.2 Å². The normalized spacial score (nSPS) is 4.50. The van der Waals surface area contributed by atoms with Crippen LogP contribution in [0.1, 0.15) is 0 Å². The van der Waals surface area contributed by atoms with Gasteiger partial charge in [0.1, 0.15) is 0 Å². The molecule has 0 aliphatic heterocycles. The van der Waals surface area contributed by atoms with Gasteiger partial charge in [-0.3, -0.25) is 0 Å². The van der Waals surface area contributed by atoms with Crippen LogP contribution in [0.5, 0.6) is 0 Å². The molecule has 0 saturated heterocycles. The molecule has 0 radical (unpaired) electrons. The van der Waals surface area contributed by atoms with Gasteiger partial charge in [-0.15, -0.1) is 23.2 Å². The fourth-order valence-electron chi connectivity index (χ4n) is 0. The summed E-state index contributed by atoms with van der Waals surface area (Å²) in [5, 5.41) is 0.194. The number of hydrogen-bond acceptors (Lipinski definition) is 0. The van der Waals surface area contributed by atoms with Gasteiger partial charge in [-0.25, -0.2) is 0 Å². The molecule has 0 atom stereocenters. The molecule has 0 bridgehead atoms. The van der Waals surface area contributed by atoms with Gasteiger partial charge in [0.25, 0.3) is 0 Å². The monoisotopic (exact) mass is 148 g/mol. The van der Waals surface area contributed by atoms with Crippen molar-refractivity contribution < 1.29 is 19.5 Å². The molecule has 0 rings (SSSR count). The second kappa shape index (κ2) is 8.88. The first-order valence-electron chi connectivity index (χ1n) is 0.535. The van der Waals surface area contributed by atoms with E-state index >= 15 is 0 Å². The number of alkyl halides is 2. The van der Waals surface area contributed by atoms with Crippen LogP contribution in [0.25, 0.3) is 0 Å². The van der Waals surface area contributed by atoms with Crippen LogP contribution >= 0.6 is 23.2 Å². The van der Waals surface area contributed by atoms with Crippen LogP contribution in [-0.2, 0) is 19.5 Å². The van der Waals surface area contributed by atoms with E-state index in [1.807, 2.05) is 0 Å². The van der Waals surface area contributed by atoms with Crippen LogP contribution in [-0.4, -0.2) is 5.34 Å². The van der Waals surface area contributed by atoms with Crippen molar-refractivity contribution in [2.24, 2.45) is 0 Å². The molecule has 0 aliphatic rings. The zero-order chi connectivity index (χ0) is 2.71. The smallest absolute Gasteiger partial charge is 0.0967 e. The van der Waals surface area contributed by atoms with E-state index in [-0.39, 0.29) is 24.8 Å². The third-order valence-electron chi connectivity index (χ3n) is 0. The van der Waals surface area contributed by atoms with Crippen LogP contribution < -0.4 is 0 Å². The molecule has 0 aromatic heterocycles. The molecule has 0 aliphatic carbocycles. The Morgan fingerprint density at radius 3 is 1.25 bits per heavy atom. The molecule has 0 N–H and O–H groups in total. The minimum Gasteiger partial charge on any atom is -0.109 e. The zero-order valence-corrected chi connectivity index (χ0v) is 6.65. The summed E-state index contributed by atoms with van der Waals surface area (Å²) in [4.78, 5) is 0. The number of rotatable bonds is 0. The van der Waals surface area contributed by atoms with Gasteiger partial charge in [0.15, 0.2) is 0 Å². The van der Waals surface area contributed by atoms with Crippen molar-refractivity contribution in [3.8, 4) is 0 Å². The van der Waals surface area contributed by atoms with Crippen LogP contribution in [0, 0.1) is 0 Å². The van der Waals surface area contributed by atoms with Gasteiger partial charge in [-0.1, -0.05) is 0 Å². The average Bonchev–Trinajstić information content (AvgIpc) is 0.918. The Labute approximate surface area is 48.2 Å². The molecule has 0 unspecified atom stereocenters. The predicted octanol–water partition coefficient (Wildman–Crippen LogP) is 1.42. The summed E-state index contributed by atoms with van der Waals surface area (Å²) in [7, 11) is 0. The summed E-state index contributed by atoms with van der Waals surface area (Å²) in [5.41, 5.74) is 0. The van der Waals surface area contributed by atoms with E-state index in [1.165, 1.54) is 0 Å². The van der Waals surface area contributed by atoms with E-state index in [0.29, 0.717) is 0 Å². The van der Waals surface area contributed by atoms with Crippen LogP contribution in [0.3, 0.4) is 0 Å². The quantitative estimate of drug-likeness (QED) is 0.362. The van der Waals surface area contributed by atoms with E-state index < -0.39 is 0 Å². The van der Waals surface area contributed by atoms with Crippen molar-refractivity contribution in [3.05, 3.63) is 0 Å². The molecular formula is CH2Cl2Zn. The Bertz CT molecular complexity index is 6.00. The van der Waals surface area contributed by atoms with Gasteiger partial charge in [0, 0.05) is 19.5 Å². The van der Waals surface area contributed by atoms with Gasteiger partial charge in [0.05, 0.1) is 5.34 Å². The standard InChI is InChI=1S/CH2Cl2.Zn/c2-1-3;/h1H2;. The fraction of sp³-hybridized carbons (Fsp3) is 1.00. The number of hydrogen-bond donors (Lipinski definition) is 0. The summed E-state index contributed by atoms with van der Waals surface area (Å²) >= 11 is 9.53. The Hall–Kier alpha value is 1.20. The minimum absolute atomic E-state index is 0. The third-order valence-corrected chi connectivity index (χ3v) is 0. The van der Waals surface area contributed by atoms with E-state index in [4.69, 9.17) is 23.2 Å². The summed E-state index contributed by atoms with van der Waals surface area (Å²) in [6.45, 7) is 0. The zero-order valence-electron chi connectivity index (χ0n) is 2.17. The first-order chi connectivity index (χ1) is 1.41. The summed E-state index contributed by atoms with van der Waals surface area (Å²) in [5.74, 6) is 0. The molecule has 0 nitrogen and oxygen atoms in total. The largest absolute Gasteiger partial charge is 0.109 e. The molecule has 0 amide bonds. The SMILES string of the molecule is ClCCl.[Zn]. The third kappa shape index (κ3) is 10.7. The average molecular weight is 150 g/mol. The topological polar surface area (TPSA) is 0 Å². The minimum atomic E-state index is 0. The summed E-state index contributed by atoms with van der Waals surface area (Å²) in [6, 6.07) is 0.